The first-order valence-corrected chi connectivity index (χ1v) is 5.26. The minimum absolute atomic E-state index is 0.121. The summed E-state index contributed by atoms with van der Waals surface area (Å²) in [5.41, 5.74) is 5.91. The van der Waals surface area contributed by atoms with Crippen molar-refractivity contribution >= 4 is 11.7 Å². The van der Waals surface area contributed by atoms with Crippen LogP contribution in [-0.2, 0) is 0 Å². The van der Waals surface area contributed by atoms with Gasteiger partial charge < -0.3 is 16.3 Å². The zero-order valence-corrected chi connectivity index (χ0v) is 9.74. The molecule has 0 heterocycles. The molecule has 1 rings (SSSR count). The van der Waals surface area contributed by atoms with Gasteiger partial charge in [-0.1, -0.05) is 17.3 Å². The standard InChI is InChI=1S/C11H12F3N3O2/c12-11(13,14)5-6-16-10(18)8-3-1-7(2-4-8)9(15)17-19/h1-4,19H,5-6H2,(H2,15,17)(H,16,18). The van der Waals surface area contributed by atoms with Gasteiger partial charge in [-0.3, -0.25) is 4.79 Å². The summed E-state index contributed by atoms with van der Waals surface area (Å²) >= 11 is 0. The lowest BCUT2D eigenvalue weighted by molar-refractivity contribution is -0.132. The Morgan fingerprint density at radius 1 is 1.26 bits per heavy atom. The van der Waals surface area contributed by atoms with E-state index < -0.39 is 25.0 Å². The molecule has 0 fully saturated rings. The fourth-order valence-electron chi connectivity index (χ4n) is 1.27. The number of rotatable bonds is 4. The second-order valence-corrected chi connectivity index (χ2v) is 3.68. The summed E-state index contributed by atoms with van der Waals surface area (Å²) in [6.45, 7) is -0.482. The van der Waals surface area contributed by atoms with Crippen LogP contribution >= 0.6 is 0 Å². The van der Waals surface area contributed by atoms with Crippen LogP contribution in [0.1, 0.15) is 22.3 Å². The van der Waals surface area contributed by atoms with E-state index in [2.05, 4.69) is 10.5 Å². The van der Waals surface area contributed by atoms with E-state index >= 15 is 0 Å². The van der Waals surface area contributed by atoms with Crippen LogP contribution in [0.3, 0.4) is 0 Å². The maximum atomic E-state index is 11.9. The zero-order chi connectivity index (χ0) is 14.5. The summed E-state index contributed by atoms with van der Waals surface area (Å²) < 4.78 is 35.7. The second kappa shape index (κ2) is 6.07. The highest BCUT2D eigenvalue weighted by Crippen LogP contribution is 2.18. The SMILES string of the molecule is N/C(=N/O)c1ccc(C(=O)NCCC(F)(F)F)cc1. The Labute approximate surface area is 106 Å². The maximum Gasteiger partial charge on any atom is 0.390 e. The van der Waals surface area contributed by atoms with Crippen molar-refractivity contribution in [2.45, 2.75) is 12.6 Å². The molecule has 1 amide bonds. The van der Waals surface area contributed by atoms with Crippen molar-refractivity contribution in [1.29, 1.82) is 0 Å². The van der Waals surface area contributed by atoms with E-state index in [-0.39, 0.29) is 11.4 Å². The molecule has 0 unspecified atom stereocenters. The van der Waals surface area contributed by atoms with Gasteiger partial charge in [0.25, 0.3) is 5.91 Å². The van der Waals surface area contributed by atoms with Gasteiger partial charge >= 0.3 is 6.18 Å². The van der Waals surface area contributed by atoms with Gasteiger partial charge in [0.2, 0.25) is 0 Å². The van der Waals surface area contributed by atoms with Crippen molar-refractivity contribution in [2.75, 3.05) is 6.54 Å². The summed E-state index contributed by atoms with van der Waals surface area (Å²) in [7, 11) is 0. The summed E-state index contributed by atoms with van der Waals surface area (Å²) in [6, 6.07) is 5.59. The lowest BCUT2D eigenvalue weighted by Gasteiger charge is -2.08. The smallest absolute Gasteiger partial charge is 0.390 e. The number of carbonyl (C=O) groups excluding carboxylic acids is 1. The predicted octanol–water partition coefficient (Wildman–Crippen LogP) is 1.46. The molecule has 0 saturated heterocycles. The first kappa shape index (κ1) is 14.8. The average Bonchev–Trinajstić information content (AvgIpc) is 2.36. The van der Waals surface area contributed by atoms with E-state index in [1.54, 1.807) is 0 Å². The highest BCUT2D eigenvalue weighted by Gasteiger charge is 2.26. The molecule has 0 spiro atoms. The van der Waals surface area contributed by atoms with Crippen molar-refractivity contribution in [1.82, 2.24) is 5.32 Å². The van der Waals surface area contributed by atoms with Crippen molar-refractivity contribution in [2.24, 2.45) is 10.9 Å². The van der Waals surface area contributed by atoms with Crippen LogP contribution in [0.4, 0.5) is 13.2 Å². The number of nitrogens with two attached hydrogens (primary N) is 1. The number of hydrogen-bond donors (Lipinski definition) is 3. The molecular weight excluding hydrogens is 263 g/mol. The van der Waals surface area contributed by atoms with Crippen molar-refractivity contribution in [3.8, 4) is 0 Å². The van der Waals surface area contributed by atoms with E-state index in [4.69, 9.17) is 10.9 Å². The number of halogens is 3. The fourth-order valence-corrected chi connectivity index (χ4v) is 1.27. The van der Waals surface area contributed by atoms with Gasteiger partial charge in [-0.25, -0.2) is 0 Å². The fraction of sp³-hybridized carbons (Fsp3) is 0.273. The molecule has 0 aliphatic heterocycles. The molecule has 8 heteroatoms. The predicted molar refractivity (Wildman–Crippen MR) is 62.0 cm³/mol. The van der Waals surface area contributed by atoms with E-state index in [1.807, 2.05) is 0 Å². The van der Waals surface area contributed by atoms with Crippen LogP contribution in [0, 0.1) is 0 Å². The van der Waals surface area contributed by atoms with Gasteiger partial charge in [0.15, 0.2) is 5.84 Å². The molecule has 0 saturated carbocycles. The van der Waals surface area contributed by atoms with Crippen LogP contribution < -0.4 is 11.1 Å². The highest BCUT2D eigenvalue weighted by atomic mass is 19.4. The number of nitrogens with zero attached hydrogens (tertiary/aromatic N) is 1. The van der Waals surface area contributed by atoms with Crippen molar-refractivity contribution in [3.63, 3.8) is 0 Å². The second-order valence-electron chi connectivity index (χ2n) is 3.68. The molecule has 0 bridgehead atoms. The van der Waals surface area contributed by atoms with E-state index in [0.717, 1.165) is 0 Å². The molecule has 19 heavy (non-hydrogen) atoms. The first-order chi connectivity index (χ1) is 8.83. The lowest BCUT2D eigenvalue weighted by Crippen LogP contribution is -2.28. The van der Waals surface area contributed by atoms with Crippen LogP contribution in [0.2, 0.25) is 0 Å². The molecule has 104 valence electrons. The molecular formula is C11H12F3N3O2. The highest BCUT2D eigenvalue weighted by molar-refractivity contribution is 5.99. The molecule has 0 radical (unpaired) electrons. The molecule has 5 nitrogen and oxygen atoms in total. The molecule has 0 aromatic heterocycles. The summed E-state index contributed by atoms with van der Waals surface area (Å²) in [5.74, 6) is -0.737. The first-order valence-electron chi connectivity index (χ1n) is 5.26. The molecule has 1 aromatic carbocycles. The lowest BCUT2D eigenvalue weighted by atomic mass is 10.1. The third-order valence-electron chi connectivity index (χ3n) is 2.24. The Morgan fingerprint density at radius 2 is 1.79 bits per heavy atom. The number of amides is 1. The van der Waals surface area contributed by atoms with Crippen LogP contribution in [-0.4, -0.2) is 29.7 Å². The summed E-state index contributed by atoms with van der Waals surface area (Å²) in [6.07, 6.45) is -5.38. The van der Waals surface area contributed by atoms with Gasteiger partial charge in [-0.05, 0) is 12.1 Å². The number of amidine groups is 1. The molecule has 0 aliphatic rings. The minimum atomic E-state index is -4.30. The number of benzene rings is 1. The molecule has 4 N–H and O–H groups in total. The Morgan fingerprint density at radius 3 is 2.26 bits per heavy atom. The number of hydrogen-bond acceptors (Lipinski definition) is 3. The van der Waals surface area contributed by atoms with Gasteiger partial charge in [-0.15, -0.1) is 0 Å². The van der Waals surface area contributed by atoms with Gasteiger partial charge in [0, 0.05) is 17.7 Å². The molecule has 1 aromatic rings. The quantitative estimate of drug-likeness (QED) is 0.336. The summed E-state index contributed by atoms with van der Waals surface area (Å²) in [4.78, 5) is 11.5. The Balaban J connectivity index is 2.59. The average molecular weight is 275 g/mol. The van der Waals surface area contributed by atoms with E-state index in [9.17, 15) is 18.0 Å². The third-order valence-corrected chi connectivity index (χ3v) is 2.24. The molecule has 0 aliphatic carbocycles. The Hall–Kier alpha value is -2.25. The van der Waals surface area contributed by atoms with Crippen LogP contribution in [0.15, 0.2) is 29.4 Å². The summed E-state index contributed by atoms with van der Waals surface area (Å²) in [5, 5.41) is 13.4. The van der Waals surface area contributed by atoms with Crippen molar-refractivity contribution in [3.05, 3.63) is 35.4 Å². The number of alkyl halides is 3. The van der Waals surface area contributed by atoms with Gasteiger partial charge in [0.1, 0.15) is 0 Å². The Bertz CT molecular complexity index is 469. The topological polar surface area (TPSA) is 87.7 Å². The molecule has 0 atom stereocenters. The number of nitrogens with one attached hydrogen (secondary N) is 1. The largest absolute Gasteiger partial charge is 0.409 e. The maximum absolute atomic E-state index is 11.9. The number of carbonyl (C=O) groups is 1. The van der Waals surface area contributed by atoms with E-state index in [1.165, 1.54) is 24.3 Å². The Kier molecular flexibility index (Phi) is 4.74. The monoisotopic (exact) mass is 275 g/mol. The van der Waals surface area contributed by atoms with Gasteiger partial charge in [0.05, 0.1) is 6.42 Å². The number of oxime groups is 1. The zero-order valence-electron chi connectivity index (χ0n) is 9.74. The van der Waals surface area contributed by atoms with Crippen LogP contribution in [0.5, 0.6) is 0 Å². The normalized spacial score (nSPS) is 12.3. The van der Waals surface area contributed by atoms with Crippen molar-refractivity contribution < 1.29 is 23.2 Å². The minimum Gasteiger partial charge on any atom is -0.409 e. The van der Waals surface area contributed by atoms with Gasteiger partial charge in [-0.2, -0.15) is 13.2 Å². The van der Waals surface area contributed by atoms with Crippen LogP contribution in [0.25, 0.3) is 0 Å². The third kappa shape index (κ3) is 4.86. The van der Waals surface area contributed by atoms with E-state index in [0.29, 0.717) is 5.56 Å².